The van der Waals surface area contributed by atoms with E-state index in [9.17, 15) is 4.79 Å². The zero-order valence-electron chi connectivity index (χ0n) is 16.5. The van der Waals surface area contributed by atoms with Gasteiger partial charge in [0.15, 0.2) is 0 Å². The number of benzene rings is 2. The number of amides is 1. The Balaban J connectivity index is 1.39. The Hall–Kier alpha value is -3.34. The number of rotatable bonds is 5. The number of pyridine rings is 1. The number of aromatic nitrogens is 1. The molecule has 0 radical (unpaired) electrons. The summed E-state index contributed by atoms with van der Waals surface area (Å²) in [5.41, 5.74) is 2.18. The van der Waals surface area contributed by atoms with Gasteiger partial charge in [-0.15, -0.1) is 0 Å². The van der Waals surface area contributed by atoms with E-state index in [-0.39, 0.29) is 5.91 Å². The van der Waals surface area contributed by atoms with Crippen molar-refractivity contribution in [1.29, 1.82) is 0 Å². The summed E-state index contributed by atoms with van der Waals surface area (Å²) < 4.78 is 5.78. The average molecular weight is 387 g/mol. The summed E-state index contributed by atoms with van der Waals surface area (Å²) >= 11 is 0. The Morgan fingerprint density at radius 1 is 1.00 bits per heavy atom. The lowest BCUT2D eigenvalue weighted by Gasteiger charge is -2.32. The van der Waals surface area contributed by atoms with Gasteiger partial charge in [-0.3, -0.25) is 9.78 Å². The zero-order valence-corrected chi connectivity index (χ0v) is 16.5. The van der Waals surface area contributed by atoms with Gasteiger partial charge in [-0.25, -0.2) is 0 Å². The van der Waals surface area contributed by atoms with Crippen LogP contribution >= 0.6 is 0 Å². The summed E-state index contributed by atoms with van der Waals surface area (Å²) in [7, 11) is 0. The van der Waals surface area contributed by atoms with Crippen LogP contribution in [0.3, 0.4) is 0 Å². The third-order valence-corrected chi connectivity index (χ3v) is 5.22. The van der Waals surface area contributed by atoms with Crippen LogP contribution in [0.15, 0.2) is 72.9 Å². The largest absolute Gasteiger partial charge is 0.457 e. The minimum Gasteiger partial charge on any atom is -0.457 e. The van der Waals surface area contributed by atoms with E-state index < -0.39 is 0 Å². The summed E-state index contributed by atoms with van der Waals surface area (Å²) in [6.45, 7) is 4.34. The number of carbonyl (C=O) groups excluding carboxylic acids is 1. The van der Waals surface area contributed by atoms with E-state index in [1.54, 1.807) is 6.20 Å². The maximum absolute atomic E-state index is 12.7. The van der Waals surface area contributed by atoms with Crippen LogP contribution in [-0.4, -0.2) is 24.0 Å². The molecule has 1 N–H and O–H groups in total. The lowest BCUT2D eigenvalue weighted by molar-refractivity contribution is 0.102. The first-order valence-electron chi connectivity index (χ1n) is 10.0. The van der Waals surface area contributed by atoms with Crippen LogP contribution in [0, 0.1) is 5.92 Å². The molecule has 4 rings (SSSR count). The van der Waals surface area contributed by atoms with E-state index in [2.05, 4.69) is 22.1 Å². The second-order valence-electron chi connectivity index (χ2n) is 7.46. The van der Waals surface area contributed by atoms with Gasteiger partial charge in [0.2, 0.25) is 0 Å². The minimum atomic E-state index is -0.214. The predicted molar refractivity (Wildman–Crippen MR) is 116 cm³/mol. The van der Waals surface area contributed by atoms with Crippen molar-refractivity contribution in [3.63, 3.8) is 0 Å². The number of hydrogen-bond acceptors (Lipinski definition) is 4. The van der Waals surface area contributed by atoms with Gasteiger partial charge >= 0.3 is 0 Å². The molecule has 2 aromatic carbocycles. The van der Waals surface area contributed by atoms with Crippen molar-refractivity contribution in [3.05, 3.63) is 78.6 Å². The number of anilines is 2. The first-order chi connectivity index (χ1) is 14.2. The third-order valence-electron chi connectivity index (χ3n) is 5.22. The summed E-state index contributed by atoms with van der Waals surface area (Å²) in [6.07, 6.45) is 4.07. The molecule has 1 aliphatic rings. The molecule has 0 bridgehead atoms. The molecule has 5 nitrogen and oxygen atoms in total. The van der Waals surface area contributed by atoms with Gasteiger partial charge in [0, 0.05) is 30.7 Å². The molecule has 5 heteroatoms. The summed E-state index contributed by atoms with van der Waals surface area (Å²) in [5, 5.41) is 2.91. The molecule has 0 aliphatic carbocycles. The van der Waals surface area contributed by atoms with Crippen LogP contribution in [0.4, 0.5) is 11.4 Å². The molecule has 29 heavy (non-hydrogen) atoms. The zero-order chi connectivity index (χ0) is 20.1. The minimum absolute atomic E-state index is 0.214. The highest BCUT2D eigenvalue weighted by molar-refractivity contribution is 6.03. The van der Waals surface area contributed by atoms with Gasteiger partial charge < -0.3 is 15.0 Å². The second kappa shape index (κ2) is 8.78. The fourth-order valence-electron chi connectivity index (χ4n) is 3.43. The number of nitrogens with zero attached hydrogens (tertiary/aromatic N) is 2. The van der Waals surface area contributed by atoms with Crippen molar-refractivity contribution < 1.29 is 9.53 Å². The van der Waals surface area contributed by atoms with Gasteiger partial charge in [0.05, 0.1) is 0 Å². The lowest BCUT2D eigenvalue weighted by atomic mass is 9.99. The second-order valence-corrected chi connectivity index (χ2v) is 7.46. The van der Waals surface area contributed by atoms with Gasteiger partial charge in [0.25, 0.3) is 5.91 Å². The molecule has 0 unspecified atom stereocenters. The number of nitrogens with one attached hydrogen (secondary N) is 1. The van der Waals surface area contributed by atoms with Crippen molar-refractivity contribution in [3.8, 4) is 11.5 Å². The highest BCUT2D eigenvalue weighted by atomic mass is 16.5. The lowest BCUT2D eigenvalue weighted by Crippen LogP contribution is -2.33. The normalized spacial score (nSPS) is 14.4. The maximum Gasteiger partial charge on any atom is 0.274 e. The summed E-state index contributed by atoms with van der Waals surface area (Å²) in [5.74, 6) is 2.05. The van der Waals surface area contributed by atoms with Gasteiger partial charge in [-0.2, -0.15) is 0 Å². The van der Waals surface area contributed by atoms with Crippen LogP contribution in [0.1, 0.15) is 30.3 Å². The van der Waals surface area contributed by atoms with Crippen LogP contribution < -0.4 is 15.0 Å². The molecule has 1 aliphatic heterocycles. The molecule has 0 saturated carbocycles. The number of ether oxygens (including phenoxy) is 1. The molecule has 1 aromatic heterocycles. The highest BCUT2D eigenvalue weighted by Crippen LogP contribution is 2.24. The Labute approximate surface area is 171 Å². The first kappa shape index (κ1) is 19.0. The summed E-state index contributed by atoms with van der Waals surface area (Å²) in [6, 6.07) is 20.8. The van der Waals surface area contributed by atoms with E-state index in [0.29, 0.717) is 17.1 Å². The Bertz CT molecular complexity index is 949. The van der Waals surface area contributed by atoms with Crippen LogP contribution in [0.25, 0.3) is 0 Å². The molecular weight excluding hydrogens is 362 g/mol. The molecule has 2 heterocycles. The van der Waals surface area contributed by atoms with E-state index in [4.69, 9.17) is 4.74 Å². The molecule has 1 fully saturated rings. The highest BCUT2D eigenvalue weighted by Gasteiger charge is 2.17. The Kier molecular flexibility index (Phi) is 5.75. The molecule has 148 valence electrons. The molecule has 0 atom stereocenters. The maximum atomic E-state index is 12.7. The SMILES string of the molecule is CC1CCN(c2ccnc(C(=O)Nc3ccc(Oc4ccccc4)cc3)c2)CC1. The first-order valence-corrected chi connectivity index (χ1v) is 10.0. The topological polar surface area (TPSA) is 54.5 Å². The van der Waals surface area contributed by atoms with Gasteiger partial charge in [-0.05, 0) is 67.3 Å². The molecule has 1 saturated heterocycles. The average Bonchev–Trinajstić information content (AvgIpc) is 2.76. The standard InChI is InChI=1S/C24H25N3O2/c1-18-12-15-27(16-13-18)20-11-14-25-23(17-20)24(28)26-19-7-9-22(10-8-19)29-21-5-3-2-4-6-21/h2-11,14,17-18H,12-13,15-16H2,1H3,(H,26,28). The molecule has 0 spiro atoms. The smallest absolute Gasteiger partial charge is 0.274 e. The van der Waals surface area contributed by atoms with E-state index in [1.165, 1.54) is 12.8 Å². The fourth-order valence-corrected chi connectivity index (χ4v) is 3.43. The molecular formula is C24H25N3O2. The van der Waals surface area contributed by atoms with Crippen molar-refractivity contribution in [2.45, 2.75) is 19.8 Å². The van der Waals surface area contributed by atoms with E-state index in [1.807, 2.05) is 66.7 Å². The van der Waals surface area contributed by atoms with Gasteiger partial charge in [-0.1, -0.05) is 25.1 Å². The van der Waals surface area contributed by atoms with E-state index in [0.717, 1.165) is 30.4 Å². The van der Waals surface area contributed by atoms with Crippen molar-refractivity contribution in [1.82, 2.24) is 4.98 Å². The van der Waals surface area contributed by atoms with Crippen molar-refractivity contribution in [2.75, 3.05) is 23.3 Å². The number of para-hydroxylation sites is 1. The number of carbonyl (C=O) groups is 1. The van der Waals surface area contributed by atoms with Crippen LogP contribution in [-0.2, 0) is 0 Å². The quantitative estimate of drug-likeness (QED) is 0.640. The molecule has 1 amide bonds. The summed E-state index contributed by atoms with van der Waals surface area (Å²) in [4.78, 5) is 19.2. The van der Waals surface area contributed by atoms with Crippen LogP contribution in [0.2, 0.25) is 0 Å². The van der Waals surface area contributed by atoms with Crippen molar-refractivity contribution in [2.24, 2.45) is 5.92 Å². The monoisotopic (exact) mass is 387 g/mol. The Morgan fingerprint density at radius 3 is 2.41 bits per heavy atom. The van der Waals surface area contributed by atoms with Crippen molar-refractivity contribution >= 4 is 17.3 Å². The van der Waals surface area contributed by atoms with E-state index >= 15 is 0 Å². The molecule has 3 aromatic rings. The Morgan fingerprint density at radius 2 is 1.69 bits per heavy atom. The number of hydrogen-bond donors (Lipinski definition) is 1. The van der Waals surface area contributed by atoms with Gasteiger partial charge in [0.1, 0.15) is 17.2 Å². The number of piperidine rings is 1. The fraction of sp³-hybridized carbons (Fsp3) is 0.250. The predicted octanol–water partition coefficient (Wildman–Crippen LogP) is 5.36. The van der Waals surface area contributed by atoms with Crippen LogP contribution in [0.5, 0.6) is 11.5 Å². The third kappa shape index (κ3) is 4.93.